The lowest BCUT2D eigenvalue weighted by Gasteiger charge is -2.30. The van der Waals surface area contributed by atoms with E-state index in [4.69, 9.17) is 4.74 Å². The maximum atomic E-state index is 13.1. The van der Waals surface area contributed by atoms with Crippen LogP contribution in [0, 0.1) is 0 Å². The van der Waals surface area contributed by atoms with Crippen LogP contribution >= 0.6 is 0 Å². The number of morpholine rings is 1. The molecule has 2 fully saturated rings. The van der Waals surface area contributed by atoms with Gasteiger partial charge in [0.2, 0.25) is 5.91 Å². The summed E-state index contributed by atoms with van der Waals surface area (Å²) in [6.07, 6.45) is 6.95. The van der Waals surface area contributed by atoms with E-state index in [1.165, 1.54) is 6.42 Å². The summed E-state index contributed by atoms with van der Waals surface area (Å²) in [6.45, 7) is 2.39. The second-order valence-electron chi connectivity index (χ2n) is 8.22. The second-order valence-corrected chi connectivity index (χ2v) is 8.22. The Labute approximate surface area is 176 Å². The molecule has 0 N–H and O–H groups in total. The highest BCUT2D eigenvalue weighted by molar-refractivity contribution is 6.44. The van der Waals surface area contributed by atoms with Crippen molar-refractivity contribution < 1.29 is 19.1 Å². The van der Waals surface area contributed by atoms with E-state index in [0.29, 0.717) is 37.3 Å². The van der Waals surface area contributed by atoms with Gasteiger partial charge >= 0.3 is 0 Å². The maximum absolute atomic E-state index is 13.1. The molecule has 30 heavy (non-hydrogen) atoms. The molecule has 2 aromatic rings. The van der Waals surface area contributed by atoms with Crippen molar-refractivity contribution >= 4 is 28.5 Å². The molecule has 1 aliphatic heterocycles. The molecule has 1 aliphatic carbocycles. The Morgan fingerprint density at radius 1 is 1.07 bits per heavy atom. The first-order valence-electron chi connectivity index (χ1n) is 10.8. The van der Waals surface area contributed by atoms with Gasteiger partial charge in [0.15, 0.2) is 0 Å². The van der Waals surface area contributed by atoms with E-state index in [9.17, 15) is 14.4 Å². The minimum Gasteiger partial charge on any atom is -0.378 e. The predicted octanol–water partition coefficient (Wildman–Crippen LogP) is 2.47. The number of rotatable bonds is 5. The van der Waals surface area contributed by atoms with Crippen molar-refractivity contribution in [3.63, 3.8) is 0 Å². The van der Waals surface area contributed by atoms with E-state index in [1.807, 2.05) is 24.3 Å². The van der Waals surface area contributed by atoms with Crippen molar-refractivity contribution in [3.05, 3.63) is 36.0 Å². The average molecular weight is 412 g/mol. The van der Waals surface area contributed by atoms with Crippen LogP contribution in [0.3, 0.4) is 0 Å². The summed E-state index contributed by atoms with van der Waals surface area (Å²) in [4.78, 5) is 42.2. The molecule has 0 spiro atoms. The SMILES string of the molecule is CN(C(=O)C(=O)c1cn(CC(=O)N2CCOCC2)c2ccccc12)C1CCCCC1. The van der Waals surface area contributed by atoms with E-state index in [-0.39, 0.29) is 18.5 Å². The van der Waals surface area contributed by atoms with Crippen LogP contribution in [0.2, 0.25) is 0 Å². The van der Waals surface area contributed by atoms with Gasteiger partial charge in [-0.05, 0) is 18.9 Å². The first kappa shape index (κ1) is 20.6. The van der Waals surface area contributed by atoms with Gasteiger partial charge in [0, 0.05) is 43.3 Å². The van der Waals surface area contributed by atoms with Crippen molar-refractivity contribution in [2.75, 3.05) is 33.4 Å². The summed E-state index contributed by atoms with van der Waals surface area (Å²) in [6, 6.07) is 7.58. The van der Waals surface area contributed by atoms with Crippen LogP contribution in [0.1, 0.15) is 42.5 Å². The van der Waals surface area contributed by atoms with Crippen LogP contribution in [0.4, 0.5) is 0 Å². The number of para-hydroxylation sites is 1. The largest absolute Gasteiger partial charge is 0.378 e. The molecule has 1 saturated heterocycles. The van der Waals surface area contributed by atoms with Gasteiger partial charge in [0.25, 0.3) is 11.7 Å². The zero-order valence-corrected chi connectivity index (χ0v) is 17.5. The highest BCUT2D eigenvalue weighted by atomic mass is 16.5. The summed E-state index contributed by atoms with van der Waals surface area (Å²) >= 11 is 0. The summed E-state index contributed by atoms with van der Waals surface area (Å²) in [5, 5.41) is 0.711. The fourth-order valence-corrected chi connectivity index (χ4v) is 4.53. The number of ketones is 1. The highest BCUT2D eigenvalue weighted by Gasteiger charge is 2.29. The standard InChI is InChI=1S/C23H29N3O4/c1-24(17-7-3-2-4-8-17)23(29)22(28)19-15-26(20-10-6-5-9-18(19)20)16-21(27)25-11-13-30-14-12-25/h5-6,9-10,15,17H,2-4,7-8,11-14,16H2,1H3. The number of ether oxygens (including phenoxy) is 1. The van der Waals surface area contributed by atoms with Crippen LogP contribution in [0.15, 0.2) is 30.5 Å². The molecule has 0 radical (unpaired) electrons. The molecule has 0 unspecified atom stereocenters. The number of carbonyl (C=O) groups excluding carboxylic acids is 3. The molecule has 2 aliphatic rings. The number of hydrogen-bond acceptors (Lipinski definition) is 4. The minimum absolute atomic E-state index is 0.0105. The Morgan fingerprint density at radius 3 is 2.50 bits per heavy atom. The minimum atomic E-state index is -0.503. The molecule has 160 valence electrons. The lowest BCUT2D eigenvalue weighted by atomic mass is 9.94. The molecule has 2 amide bonds. The Kier molecular flexibility index (Phi) is 6.18. The zero-order chi connectivity index (χ0) is 21.1. The van der Waals surface area contributed by atoms with Gasteiger partial charge in [-0.25, -0.2) is 0 Å². The summed E-state index contributed by atoms with van der Waals surface area (Å²) in [5.41, 5.74) is 1.16. The Balaban J connectivity index is 1.57. The van der Waals surface area contributed by atoms with Crippen LogP contribution in [-0.2, 0) is 20.9 Å². The van der Waals surface area contributed by atoms with Gasteiger partial charge in [-0.1, -0.05) is 37.5 Å². The summed E-state index contributed by atoms with van der Waals surface area (Å²) < 4.78 is 7.10. The summed E-state index contributed by atoms with van der Waals surface area (Å²) in [5.74, 6) is -0.982. The highest BCUT2D eigenvalue weighted by Crippen LogP contribution is 2.25. The first-order chi connectivity index (χ1) is 14.6. The van der Waals surface area contributed by atoms with E-state index in [1.54, 1.807) is 27.6 Å². The van der Waals surface area contributed by atoms with Crippen molar-refractivity contribution in [2.24, 2.45) is 0 Å². The van der Waals surface area contributed by atoms with Crippen LogP contribution in [0.5, 0.6) is 0 Å². The molecule has 1 aromatic heterocycles. The van der Waals surface area contributed by atoms with Crippen LogP contribution < -0.4 is 0 Å². The topological polar surface area (TPSA) is 71.9 Å². The Hall–Kier alpha value is -2.67. The number of hydrogen-bond donors (Lipinski definition) is 0. The van der Waals surface area contributed by atoms with Gasteiger partial charge in [0.05, 0.1) is 18.8 Å². The van der Waals surface area contributed by atoms with Crippen LogP contribution in [0.25, 0.3) is 10.9 Å². The van der Waals surface area contributed by atoms with E-state index >= 15 is 0 Å². The number of amides is 2. The lowest BCUT2D eigenvalue weighted by molar-refractivity contribution is -0.135. The molecule has 7 nitrogen and oxygen atoms in total. The fourth-order valence-electron chi connectivity index (χ4n) is 4.53. The van der Waals surface area contributed by atoms with Crippen molar-refractivity contribution in [2.45, 2.75) is 44.7 Å². The van der Waals surface area contributed by atoms with E-state index < -0.39 is 11.7 Å². The molecule has 1 aromatic carbocycles. The smallest absolute Gasteiger partial charge is 0.295 e. The van der Waals surface area contributed by atoms with Crippen molar-refractivity contribution in [1.29, 1.82) is 0 Å². The number of Topliss-reactive ketones (excluding diaryl/α,β-unsaturated/α-hetero) is 1. The molecule has 2 heterocycles. The Bertz CT molecular complexity index is 939. The molecule has 4 rings (SSSR count). The number of nitrogens with zero attached hydrogens (tertiary/aromatic N) is 3. The number of benzene rings is 1. The Morgan fingerprint density at radius 2 is 1.77 bits per heavy atom. The average Bonchev–Trinajstić information content (AvgIpc) is 3.17. The summed E-state index contributed by atoms with van der Waals surface area (Å²) in [7, 11) is 1.73. The van der Waals surface area contributed by atoms with Gasteiger partial charge in [-0.15, -0.1) is 0 Å². The van der Waals surface area contributed by atoms with E-state index in [0.717, 1.165) is 31.2 Å². The molecular formula is C23H29N3O4. The zero-order valence-electron chi connectivity index (χ0n) is 17.5. The van der Waals surface area contributed by atoms with E-state index in [2.05, 4.69) is 0 Å². The molecule has 1 saturated carbocycles. The van der Waals surface area contributed by atoms with Crippen LogP contribution in [-0.4, -0.2) is 71.4 Å². The number of aromatic nitrogens is 1. The number of fused-ring (bicyclic) bond motifs is 1. The molecule has 0 atom stereocenters. The molecule has 0 bridgehead atoms. The normalized spacial score (nSPS) is 17.8. The molecule has 7 heteroatoms. The number of likely N-dealkylation sites (N-methyl/N-ethyl adjacent to an activating group) is 1. The van der Waals surface area contributed by atoms with Crippen molar-refractivity contribution in [3.8, 4) is 0 Å². The monoisotopic (exact) mass is 411 g/mol. The third-order valence-corrected chi connectivity index (χ3v) is 6.34. The maximum Gasteiger partial charge on any atom is 0.295 e. The van der Waals surface area contributed by atoms with Gasteiger partial charge in [-0.3, -0.25) is 14.4 Å². The number of carbonyl (C=O) groups is 3. The van der Waals surface area contributed by atoms with Crippen molar-refractivity contribution in [1.82, 2.24) is 14.4 Å². The lowest BCUT2D eigenvalue weighted by Crippen LogP contribution is -2.42. The third kappa shape index (κ3) is 4.12. The first-order valence-corrected chi connectivity index (χ1v) is 10.8. The van der Waals surface area contributed by atoms with Gasteiger partial charge in [0.1, 0.15) is 6.54 Å². The molecular weight excluding hydrogens is 382 g/mol. The van der Waals surface area contributed by atoms with Gasteiger partial charge in [-0.2, -0.15) is 0 Å². The predicted molar refractivity (Wildman–Crippen MR) is 113 cm³/mol. The van der Waals surface area contributed by atoms with Gasteiger partial charge < -0.3 is 19.1 Å². The quantitative estimate of drug-likeness (QED) is 0.560. The second kappa shape index (κ2) is 9.00. The third-order valence-electron chi connectivity index (χ3n) is 6.34. The fraction of sp³-hybridized carbons (Fsp3) is 0.522.